The fraction of sp³-hybridized carbons (Fsp3) is 0.370. The molecule has 2 saturated carbocycles. The van der Waals surface area contributed by atoms with Crippen LogP contribution in [-0.4, -0.2) is 43.5 Å². The van der Waals surface area contributed by atoms with Gasteiger partial charge in [-0.05, 0) is 60.4 Å². The second kappa shape index (κ2) is 7.72. The third-order valence-electron chi connectivity index (χ3n) is 7.97. The van der Waals surface area contributed by atoms with Gasteiger partial charge in [-0.3, -0.25) is 24.2 Å². The Labute approximate surface area is 197 Å². The quantitative estimate of drug-likeness (QED) is 0.490. The molecule has 7 nitrogen and oxygen atoms in total. The number of benzene rings is 2. The van der Waals surface area contributed by atoms with E-state index >= 15 is 0 Å². The lowest BCUT2D eigenvalue weighted by atomic mass is 9.63. The number of methoxy groups -OCH3 is 2. The lowest BCUT2D eigenvalue weighted by Crippen LogP contribution is -2.45. The number of amides is 3. The molecule has 174 valence electrons. The first-order valence-electron chi connectivity index (χ1n) is 11.7. The van der Waals surface area contributed by atoms with Crippen molar-refractivity contribution in [2.75, 3.05) is 25.8 Å². The van der Waals surface area contributed by atoms with Crippen LogP contribution in [0.15, 0.2) is 60.7 Å². The zero-order chi connectivity index (χ0) is 23.6. The minimum absolute atomic E-state index is 0.134. The monoisotopic (exact) mass is 458 g/mol. The number of allylic oxidation sites excluding steroid dienone is 2. The van der Waals surface area contributed by atoms with Crippen LogP contribution < -0.4 is 14.4 Å². The number of imide groups is 1. The molecule has 5 aliphatic rings. The van der Waals surface area contributed by atoms with E-state index in [1.165, 1.54) is 24.0 Å². The standard InChI is InChI=1S/C27H26N2O5/c1-33-16-7-5-6-15(12-16)25(30)28(21-8-3-4-9-22(21)34-2)14-29-26(31)23-17-10-11-18(20-13-19(17)20)24(23)27(29)32/h3-12,17-20,23-24H,13-14H2,1-2H3/t17-,18-,19-,20+,23+,24+/m1/s1. The predicted octanol–water partition coefficient (Wildman–Crippen LogP) is 3.36. The van der Waals surface area contributed by atoms with Crippen molar-refractivity contribution in [3.63, 3.8) is 0 Å². The van der Waals surface area contributed by atoms with Crippen LogP contribution in [0.4, 0.5) is 5.69 Å². The van der Waals surface area contributed by atoms with Crippen molar-refractivity contribution in [2.45, 2.75) is 6.42 Å². The lowest BCUT2D eigenvalue weighted by molar-refractivity contribution is -0.140. The summed E-state index contributed by atoms with van der Waals surface area (Å²) in [5.74, 6) is 1.05. The maximum absolute atomic E-state index is 13.8. The summed E-state index contributed by atoms with van der Waals surface area (Å²) in [5.41, 5.74) is 0.891. The summed E-state index contributed by atoms with van der Waals surface area (Å²) in [4.78, 5) is 43.6. The lowest BCUT2D eigenvalue weighted by Gasteiger charge is -2.37. The predicted molar refractivity (Wildman–Crippen MR) is 124 cm³/mol. The van der Waals surface area contributed by atoms with Gasteiger partial charge in [0.2, 0.25) is 11.8 Å². The van der Waals surface area contributed by atoms with E-state index in [0.717, 1.165) is 6.42 Å². The van der Waals surface area contributed by atoms with Gasteiger partial charge in [0.25, 0.3) is 5.91 Å². The van der Waals surface area contributed by atoms with E-state index in [4.69, 9.17) is 9.47 Å². The normalized spacial score (nSPS) is 30.1. The second-order valence-electron chi connectivity index (χ2n) is 9.54. The fourth-order valence-corrected chi connectivity index (χ4v) is 6.31. The molecule has 7 heteroatoms. The van der Waals surface area contributed by atoms with Crippen LogP contribution in [0.2, 0.25) is 0 Å². The summed E-state index contributed by atoms with van der Waals surface area (Å²) < 4.78 is 10.8. The smallest absolute Gasteiger partial charge is 0.260 e. The Hall–Kier alpha value is -3.61. The molecule has 1 aliphatic heterocycles. The van der Waals surface area contributed by atoms with Crippen LogP contribution >= 0.6 is 0 Å². The number of carbonyl (C=O) groups excluding carboxylic acids is 3. The molecule has 0 spiro atoms. The van der Waals surface area contributed by atoms with Crippen LogP contribution in [0.1, 0.15) is 16.8 Å². The minimum Gasteiger partial charge on any atom is -0.497 e. The Bertz CT molecular complexity index is 1190. The van der Waals surface area contributed by atoms with Crippen LogP contribution in [0.25, 0.3) is 0 Å². The molecule has 0 N–H and O–H groups in total. The van der Waals surface area contributed by atoms with Crippen molar-refractivity contribution in [1.82, 2.24) is 4.90 Å². The molecule has 1 saturated heterocycles. The summed E-state index contributed by atoms with van der Waals surface area (Å²) >= 11 is 0. The Morgan fingerprint density at radius 1 is 0.941 bits per heavy atom. The van der Waals surface area contributed by atoms with E-state index in [1.807, 2.05) is 6.07 Å². The first-order chi connectivity index (χ1) is 16.5. The SMILES string of the molecule is COc1cccc(C(=O)N(CN2C(=O)[C@H]3[C@@H]4C=C[C@H]([C@@H]5C[C@H]45)[C@@H]3C2=O)c2ccccc2OC)c1. The first-order valence-corrected chi connectivity index (χ1v) is 11.7. The highest BCUT2D eigenvalue weighted by Crippen LogP contribution is 2.65. The van der Waals surface area contributed by atoms with Crippen molar-refractivity contribution < 1.29 is 23.9 Å². The van der Waals surface area contributed by atoms with Gasteiger partial charge in [-0.1, -0.05) is 30.4 Å². The topological polar surface area (TPSA) is 76.2 Å². The van der Waals surface area contributed by atoms with Gasteiger partial charge in [-0.2, -0.15) is 0 Å². The first kappa shape index (κ1) is 21.0. The molecule has 3 amide bonds. The van der Waals surface area contributed by atoms with Crippen molar-refractivity contribution in [2.24, 2.45) is 35.5 Å². The van der Waals surface area contributed by atoms with Gasteiger partial charge >= 0.3 is 0 Å². The number of para-hydroxylation sites is 2. The number of hydrogen-bond acceptors (Lipinski definition) is 5. The van der Waals surface area contributed by atoms with Crippen LogP contribution in [-0.2, 0) is 9.59 Å². The highest BCUT2D eigenvalue weighted by atomic mass is 16.5. The van der Waals surface area contributed by atoms with Crippen molar-refractivity contribution >= 4 is 23.4 Å². The molecule has 0 radical (unpaired) electrons. The second-order valence-corrected chi connectivity index (χ2v) is 9.54. The molecule has 2 aromatic carbocycles. The summed E-state index contributed by atoms with van der Waals surface area (Å²) in [7, 11) is 3.07. The van der Waals surface area contributed by atoms with Gasteiger partial charge < -0.3 is 9.47 Å². The van der Waals surface area contributed by atoms with E-state index < -0.39 is 0 Å². The van der Waals surface area contributed by atoms with Crippen molar-refractivity contribution in [3.8, 4) is 11.5 Å². The van der Waals surface area contributed by atoms with Crippen molar-refractivity contribution in [3.05, 3.63) is 66.2 Å². The summed E-state index contributed by atoms with van der Waals surface area (Å²) in [6.07, 6.45) is 5.40. The number of hydrogen-bond donors (Lipinski definition) is 0. The number of ether oxygens (including phenoxy) is 2. The Morgan fingerprint density at radius 2 is 1.62 bits per heavy atom. The van der Waals surface area contributed by atoms with Crippen molar-refractivity contribution in [1.29, 1.82) is 0 Å². The maximum atomic E-state index is 13.8. The zero-order valence-electron chi connectivity index (χ0n) is 19.1. The Kier molecular flexibility index (Phi) is 4.76. The maximum Gasteiger partial charge on any atom is 0.260 e. The average Bonchev–Trinajstić information content (AvgIpc) is 3.67. The zero-order valence-corrected chi connectivity index (χ0v) is 19.1. The molecule has 7 rings (SSSR count). The number of carbonyl (C=O) groups is 3. The van der Waals surface area contributed by atoms with Crippen LogP contribution in [0.3, 0.4) is 0 Å². The minimum atomic E-state index is -0.345. The molecule has 2 aromatic rings. The van der Waals surface area contributed by atoms with Gasteiger partial charge in [0.15, 0.2) is 0 Å². The molecule has 4 aliphatic carbocycles. The molecule has 0 aromatic heterocycles. The highest BCUT2D eigenvalue weighted by Gasteiger charge is 2.67. The van der Waals surface area contributed by atoms with Gasteiger partial charge in [-0.15, -0.1) is 0 Å². The number of likely N-dealkylation sites (tertiary alicyclic amines) is 1. The third kappa shape index (κ3) is 2.99. The largest absolute Gasteiger partial charge is 0.497 e. The molecule has 2 bridgehead atoms. The molecule has 0 unspecified atom stereocenters. The third-order valence-corrected chi connectivity index (χ3v) is 7.97. The van der Waals surface area contributed by atoms with E-state index in [1.54, 1.807) is 42.5 Å². The molecule has 34 heavy (non-hydrogen) atoms. The molecule has 3 fully saturated rings. The molecule has 6 atom stereocenters. The fourth-order valence-electron chi connectivity index (χ4n) is 6.31. The molecule has 1 heterocycles. The number of rotatable bonds is 6. The van der Waals surface area contributed by atoms with Gasteiger partial charge in [0.1, 0.15) is 18.2 Å². The molecular weight excluding hydrogens is 432 g/mol. The summed E-state index contributed by atoms with van der Waals surface area (Å²) in [6.45, 7) is -0.157. The summed E-state index contributed by atoms with van der Waals surface area (Å²) in [6, 6.07) is 14.0. The Morgan fingerprint density at radius 3 is 2.26 bits per heavy atom. The van der Waals surface area contributed by atoms with E-state index in [-0.39, 0.29) is 48.1 Å². The van der Waals surface area contributed by atoms with Gasteiger partial charge in [0, 0.05) is 5.56 Å². The average molecular weight is 459 g/mol. The number of nitrogens with zero attached hydrogens (tertiary/aromatic N) is 2. The number of anilines is 1. The van der Waals surface area contributed by atoms with Gasteiger partial charge in [0.05, 0.1) is 31.7 Å². The highest BCUT2D eigenvalue weighted by molar-refractivity contribution is 6.10. The Balaban J connectivity index is 1.37. The van der Waals surface area contributed by atoms with Gasteiger partial charge in [-0.25, -0.2) is 0 Å². The van der Waals surface area contributed by atoms with Crippen LogP contribution in [0, 0.1) is 35.5 Å². The van der Waals surface area contributed by atoms with E-state index in [9.17, 15) is 14.4 Å². The van der Waals surface area contributed by atoms with Crippen LogP contribution in [0.5, 0.6) is 11.5 Å². The van der Waals surface area contributed by atoms with E-state index in [2.05, 4.69) is 12.2 Å². The van der Waals surface area contributed by atoms with E-state index in [0.29, 0.717) is 34.6 Å². The molecular formula is C27H26N2O5. The summed E-state index contributed by atoms with van der Waals surface area (Å²) in [5, 5.41) is 0.